The van der Waals surface area contributed by atoms with Crippen molar-refractivity contribution < 1.29 is 18.3 Å². The fourth-order valence-corrected chi connectivity index (χ4v) is 1.27. The number of para-hydroxylation sites is 2. The fraction of sp³-hybridized carbons (Fsp3) is 0.400. The highest BCUT2D eigenvalue weighted by Crippen LogP contribution is 2.29. The number of alkyl halides is 2. The van der Waals surface area contributed by atoms with Gasteiger partial charge in [0.1, 0.15) is 6.10 Å². The third-order valence-electron chi connectivity index (χ3n) is 2.10. The van der Waals surface area contributed by atoms with Crippen LogP contribution in [0.1, 0.15) is 0 Å². The molecule has 1 saturated heterocycles. The number of halogens is 2. The highest BCUT2D eigenvalue weighted by atomic mass is 19.3. The van der Waals surface area contributed by atoms with Gasteiger partial charge in [0, 0.05) is 13.1 Å². The molecule has 0 unspecified atom stereocenters. The van der Waals surface area contributed by atoms with Crippen LogP contribution >= 0.6 is 0 Å². The summed E-state index contributed by atoms with van der Waals surface area (Å²) >= 11 is 0. The van der Waals surface area contributed by atoms with Gasteiger partial charge in [0.05, 0.1) is 0 Å². The molecule has 1 aromatic carbocycles. The van der Waals surface area contributed by atoms with Crippen LogP contribution in [-0.2, 0) is 0 Å². The standard InChI is InChI=1S/C10H11F2NO2/c11-10(12)15-9-4-2-1-3-8(9)14-7-5-13-6-7/h1-4,7,10,13H,5-6H2. The smallest absolute Gasteiger partial charge is 0.387 e. The minimum Gasteiger partial charge on any atom is -0.484 e. The molecule has 0 spiro atoms. The molecular weight excluding hydrogens is 204 g/mol. The van der Waals surface area contributed by atoms with Gasteiger partial charge in [0.2, 0.25) is 0 Å². The monoisotopic (exact) mass is 215 g/mol. The summed E-state index contributed by atoms with van der Waals surface area (Å²) in [7, 11) is 0. The Bertz CT molecular complexity index is 329. The summed E-state index contributed by atoms with van der Waals surface area (Å²) in [6.45, 7) is -1.35. The minimum atomic E-state index is -2.82. The molecule has 0 aliphatic carbocycles. The lowest BCUT2D eigenvalue weighted by Crippen LogP contribution is -2.50. The number of ether oxygens (including phenoxy) is 2. The highest BCUT2D eigenvalue weighted by Gasteiger charge is 2.20. The Morgan fingerprint density at radius 2 is 1.87 bits per heavy atom. The van der Waals surface area contributed by atoms with Gasteiger partial charge < -0.3 is 14.8 Å². The Hall–Kier alpha value is -1.36. The molecule has 3 nitrogen and oxygen atoms in total. The fourth-order valence-electron chi connectivity index (χ4n) is 1.27. The van der Waals surface area contributed by atoms with Crippen LogP contribution in [0.4, 0.5) is 8.78 Å². The van der Waals surface area contributed by atoms with E-state index in [1.165, 1.54) is 6.07 Å². The molecular formula is C10H11F2NO2. The molecule has 2 rings (SSSR count). The van der Waals surface area contributed by atoms with Gasteiger partial charge in [-0.05, 0) is 12.1 Å². The first kappa shape index (κ1) is 10.2. The van der Waals surface area contributed by atoms with E-state index in [0.29, 0.717) is 5.75 Å². The summed E-state index contributed by atoms with van der Waals surface area (Å²) in [4.78, 5) is 0. The lowest BCUT2D eigenvalue weighted by molar-refractivity contribution is -0.0524. The maximum atomic E-state index is 12.0. The van der Waals surface area contributed by atoms with Crippen LogP contribution in [0.25, 0.3) is 0 Å². The second-order valence-corrected chi connectivity index (χ2v) is 3.22. The van der Waals surface area contributed by atoms with E-state index >= 15 is 0 Å². The molecule has 5 heteroatoms. The van der Waals surface area contributed by atoms with Crippen LogP contribution < -0.4 is 14.8 Å². The molecule has 15 heavy (non-hydrogen) atoms. The molecule has 0 bridgehead atoms. The van der Waals surface area contributed by atoms with Gasteiger partial charge in [0.15, 0.2) is 11.5 Å². The molecule has 0 atom stereocenters. The highest BCUT2D eigenvalue weighted by molar-refractivity contribution is 5.39. The summed E-state index contributed by atoms with van der Waals surface area (Å²) in [6.07, 6.45) is 0.0485. The largest absolute Gasteiger partial charge is 0.484 e. The normalized spacial score (nSPS) is 16.2. The molecule has 0 amide bonds. The van der Waals surface area contributed by atoms with Gasteiger partial charge in [-0.25, -0.2) is 0 Å². The number of hydrogen-bond acceptors (Lipinski definition) is 3. The molecule has 1 fully saturated rings. The third-order valence-corrected chi connectivity index (χ3v) is 2.10. The number of nitrogens with one attached hydrogen (secondary N) is 1. The first-order valence-corrected chi connectivity index (χ1v) is 4.67. The summed E-state index contributed by atoms with van der Waals surface area (Å²) in [5, 5.41) is 3.03. The Balaban J connectivity index is 2.06. The van der Waals surface area contributed by atoms with Gasteiger partial charge in [-0.1, -0.05) is 12.1 Å². The summed E-state index contributed by atoms with van der Waals surface area (Å²) < 4.78 is 33.9. The van der Waals surface area contributed by atoms with Gasteiger partial charge in [0.25, 0.3) is 0 Å². The zero-order valence-electron chi connectivity index (χ0n) is 7.95. The van der Waals surface area contributed by atoms with E-state index in [1.54, 1.807) is 18.2 Å². The second-order valence-electron chi connectivity index (χ2n) is 3.22. The van der Waals surface area contributed by atoms with E-state index in [2.05, 4.69) is 10.1 Å². The Labute approximate surface area is 86.0 Å². The van der Waals surface area contributed by atoms with Gasteiger partial charge in [-0.15, -0.1) is 0 Å². The average molecular weight is 215 g/mol. The van der Waals surface area contributed by atoms with Crippen LogP contribution in [-0.4, -0.2) is 25.8 Å². The van der Waals surface area contributed by atoms with Gasteiger partial charge >= 0.3 is 6.61 Å². The molecule has 1 N–H and O–H groups in total. The molecule has 1 aliphatic heterocycles. The SMILES string of the molecule is FC(F)Oc1ccccc1OC1CNC1. The lowest BCUT2D eigenvalue weighted by Gasteiger charge is -2.28. The van der Waals surface area contributed by atoms with Crippen LogP contribution in [0.15, 0.2) is 24.3 Å². The molecule has 82 valence electrons. The predicted molar refractivity (Wildman–Crippen MR) is 50.4 cm³/mol. The van der Waals surface area contributed by atoms with E-state index < -0.39 is 6.61 Å². The summed E-state index contributed by atoms with van der Waals surface area (Å²) in [6, 6.07) is 6.44. The van der Waals surface area contributed by atoms with E-state index in [0.717, 1.165) is 13.1 Å². The molecule has 1 heterocycles. The zero-order valence-corrected chi connectivity index (χ0v) is 7.95. The van der Waals surface area contributed by atoms with Crippen molar-refractivity contribution in [3.63, 3.8) is 0 Å². The van der Waals surface area contributed by atoms with Crippen molar-refractivity contribution in [2.45, 2.75) is 12.7 Å². The van der Waals surface area contributed by atoms with Crippen molar-refractivity contribution in [2.75, 3.05) is 13.1 Å². The molecule has 0 radical (unpaired) electrons. The van der Waals surface area contributed by atoms with Crippen LogP contribution in [0.3, 0.4) is 0 Å². The lowest BCUT2D eigenvalue weighted by atomic mass is 10.2. The maximum Gasteiger partial charge on any atom is 0.387 e. The van der Waals surface area contributed by atoms with E-state index in [4.69, 9.17) is 4.74 Å². The van der Waals surface area contributed by atoms with Gasteiger partial charge in [-0.3, -0.25) is 0 Å². The number of rotatable bonds is 4. The van der Waals surface area contributed by atoms with Crippen molar-refractivity contribution in [3.8, 4) is 11.5 Å². The van der Waals surface area contributed by atoms with E-state index in [-0.39, 0.29) is 11.9 Å². The second kappa shape index (κ2) is 4.44. The van der Waals surface area contributed by atoms with E-state index in [9.17, 15) is 8.78 Å². The Kier molecular flexibility index (Phi) is 3.01. The number of benzene rings is 1. The van der Waals surface area contributed by atoms with Gasteiger partial charge in [-0.2, -0.15) is 8.78 Å². The van der Waals surface area contributed by atoms with Crippen LogP contribution in [0.5, 0.6) is 11.5 Å². The van der Waals surface area contributed by atoms with Crippen molar-refractivity contribution in [1.82, 2.24) is 5.32 Å². The average Bonchev–Trinajstić information content (AvgIpc) is 2.13. The maximum absolute atomic E-state index is 12.0. The Morgan fingerprint density at radius 1 is 1.20 bits per heavy atom. The number of hydrogen-bond donors (Lipinski definition) is 1. The van der Waals surface area contributed by atoms with E-state index in [1.807, 2.05) is 0 Å². The predicted octanol–water partition coefficient (Wildman–Crippen LogP) is 1.64. The third kappa shape index (κ3) is 2.56. The van der Waals surface area contributed by atoms with Crippen molar-refractivity contribution in [2.24, 2.45) is 0 Å². The summed E-state index contributed by atoms with van der Waals surface area (Å²) in [5.74, 6) is 0.448. The van der Waals surface area contributed by atoms with Crippen LogP contribution in [0, 0.1) is 0 Å². The first-order valence-electron chi connectivity index (χ1n) is 4.67. The topological polar surface area (TPSA) is 30.5 Å². The molecule has 1 aromatic rings. The van der Waals surface area contributed by atoms with Crippen molar-refractivity contribution in [1.29, 1.82) is 0 Å². The quantitative estimate of drug-likeness (QED) is 0.828. The molecule has 0 saturated carbocycles. The molecule has 0 aromatic heterocycles. The zero-order chi connectivity index (χ0) is 10.7. The molecule has 1 aliphatic rings. The van der Waals surface area contributed by atoms with Crippen LogP contribution in [0.2, 0.25) is 0 Å². The van der Waals surface area contributed by atoms with Crippen molar-refractivity contribution >= 4 is 0 Å². The Morgan fingerprint density at radius 3 is 2.40 bits per heavy atom. The minimum absolute atomic E-state index is 0.0485. The summed E-state index contributed by atoms with van der Waals surface area (Å²) in [5.41, 5.74) is 0. The van der Waals surface area contributed by atoms with Crippen molar-refractivity contribution in [3.05, 3.63) is 24.3 Å². The first-order chi connectivity index (χ1) is 7.25.